The summed E-state index contributed by atoms with van der Waals surface area (Å²) in [7, 11) is -3.93. The highest BCUT2D eigenvalue weighted by atomic mass is 32.2. The van der Waals surface area contributed by atoms with E-state index in [1.807, 2.05) is 0 Å². The van der Waals surface area contributed by atoms with Gasteiger partial charge in [-0.2, -0.15) is 0 Å². The lowest BCUT2D eigenvalue weighted by molar-refractivity contribution is -0.150. The fourth-order valence-corrected chi connectivity index (χ4v) is 2.68. The Morgan fingerprint density at radius 1 is 0.848 bits per heavy atom. The van der Waals surface area contributed by atoms with Gasteiger partial charge in [-0.3, -0.25) is 0 Å². The van der Waals surface area contributed by atoms with Gasteiger partial charge in [-0.05, 0) is 24.3 Å². The number of rotatable bonds is 12. The molecule has 0 bridgehead atoms. The zero-order chi connectivity index (χ0) is 25.1. The SMILES string of the molecule is C=CC(=O)OCC(COC(=O)C=C)(COC(=O)C=C)NC(=O)Nc1ccc(S(N)(=O)=O)cc1. The van der Waals surface area contributed by atoms with Gasteiger partial charge >= 0.3 is 23.9 Å². The molecular weight excluding hydrogens is 458 g/mol. The van der Waals surface area contributed by atoms with Gasteiger partial charge in [0.25, 0.3) is 0 Å². The second-order valence-corrected chi connectivity index (χ2v) is 7.93. The van der Waals surface area contributed by atoms with Crippen molar-refractivity contribution >= 4 is 39.6 Å². The minimum absolute atomic E-state index is 0.169. The number of sulfonamides is 1. The first-order valence-electron chi connectivity index (χ1n) is 9.04. The highest BCUT2D eigenvalue weighted by molar-refractivity contribution is 7.89. The molecule has 0 aliphatic rings. The van der Waals surface area contributed by atoms with Gasteiger partial charge in [0.15, 0.2) is 0 Å². The van der Waals surface area contributed by atoms with E-state index in [2.05, 4.69) is 30.4 Å². The molecule has 12 nitrogen and oxygen atoms in total. The number of hydrogen-bond donors (Lipinski definition) is 3. The molecule has 0 spiro atoms. The summed E-state index contributed by atoms with van der Waals surface area (Å²) in [5, 5.41) is 9.87. The van der Waals surface area contributed by atoms with Crippen LogP contribution in [0.1, 0.15) is 0 Å². The number of urea groups is 1. The number of nitrogens with one attached hydrogen (secondary N) is 2. The molecule has 0 radical (unpaired) electrons. The average Bonchev–Trinajstić information content (AvgIpc) is 2.78. The summed E-state index contributed by atoms with van der Waals surface area (Å²) in [6, 6.07) is 3.99. The highest BCUT2D eigenvalue weighted by Gasteiger charge is 2.37. The summed E-state index contributed by atoms with van der Waals surface area (Å²) in [4.78, 5) is 47.1. The molecule has 0 aliphatic carbocycles. The maximum atomic E-state index is 12.6. The van der Waals surface area contributed by atoms with Crippen molar-refractivity contribution in [3.63, 3.8) is 0 Å². The molecule has 1 aromatic rings. The fourth-order valence-electron chi connectivity index (χ4n) is 2.17. The first kappa shape index (κ1) is 27.1. The lowest BCUT2D eigenvalue weighted by atomic mass is 10.0. The predicted molar refractivity (Wildman–Crippen MR) is 116 cm³/mol. The van der Waals surface area contributed by atoms with Gasteiger partial charge in [-0.15, -0.1) is 0 Å². The summed E-state index contributed by atoms with van der Waals surface area (Å²) < 4.78 is 37.6. The number of hydrogen-bond acceptors (Lipinski definition) is 9. The van der Waals surface area contributed by atoms with Crippen LogP contribution in [-0.2, 0) is 38.6 Å². The van der Waals surface area contributed by atoms with E-state index in [0.29, 0.717) is 0 Å². The van der Waals surface area contributed by atoms with E-state index in [1.54, 1.807) is 0 Å². The Hall–Kier alpha value is -3.97. The van der Waals surface area contributed by atoms with Crippen LogP contribution in [-0.4, -0.2) is 57.7 Å². The third-order valence-corrected chi connectivity index (χ3v) is 4.72. The molecule has 13 heteroatoms. The van der Waals surface area contributed by atoms with Gasteiger partial charge < -0.3 is 24.8 Å². The zero-order valence-corrected chi connectivity index (χ0v) is 18.3. The van der Waals surface area contributed by atoms with Crippen LogP contribution >= 0.6 is 0 Å². The van der Waals surface area contributed by atoms with Gasteiger partial charge in [-0.25, -0.2) is 32.7 Å². The maximum Gasteiger partial charge on any atom is 0.330 e. The van der Waals surface area contributed by atoms with E-state index in [1.165, 1.54) is 24.3 Å². The van der Waals surface area contributed by atoms with Crippen molar-refractivity contribution in [2.45, 2.75) is 10.4 Å². The van der Waals surface area contributed by atoms with Gasteiger partial charge in [0, 0.05) is 23.9 Å². The molecule has 0 aromatic heterocycles. The molecule has 0 aliphatic heterocycles. The molecule has 4 N–H and O–H groups in total. The summed E-state index contributed by atoms with van der Waals surface area (Å²) >= 11 is 0. The Bertz CT molecular complexity index is 974. The summed E-state index contributed by atoms with van der Waals surface area (Å²) in [6.45, 7) is 8.03. The second-order valence-electron chi connectivity index (χ2n) is 6.36. The molecule has 0 unspecified atom stereocenters. The van der Waals surface area contributed by atoms with Crippen LogP contribution in [0.15, 0.2) is 67.1 Å². The third kappa shape index (κ3) is 9.37. The lowest BCUT2D eigenvalue weighted by Crippen LogP contribution is -2.60. The molecule has 178 valence electrons. The third-order valence-electron chi connectivity index (χ3n) is 3.79. The van der Waals surface area contributed by atoms with E-state index in [0.717, 1.165) is 18.2 Å². The first-order valence-corrected chi connectivity index (χ1v) is 10.6. The molecule has 2 amide bonds. The Labute approximate surface area is 190 Å². The van der Waals surface area contributed by atoms with Crippen molar-refractivity contribution in [2.75, 3.05) is 25.1 Å². The van der Waals surface area contributed by atoms with Crippen LogP contribution in [0.25, 0.3) is 0 Å². The van der Waals surface area contributed by atoms with Crippen LogP contribution in [0, 0.1) is 0 Å². The second kappa shape index (κ2) is 12.2. The van der Waals surface area contributed by atoms with Gasteiger partial charge in [-0.1, -0.05) is 19.7 Å². The van der Waals surface area contributed by atoms with Crippen molar-refractivity contribution in [1.29, 1.82) is 0 Å². The molecular formula is C20H23N3O9S. The van der Waals surface area contributed by atoms with Crippen LogP contribution in [0.4, 0.5) is 10.5 Å². The van der Waals surface area contributed by atoms with Gasteiger partial charge in [0.1, 0.15) is 25.4 Å². The van der Waals surface area contributed by atoms with Crippen LogP contribution in [0.5, 0.6) is 0 Å². The molecule has 0 fully saturated rings. The number of amides is 2. The van der Waals surface area contributed by atoms with Crippen molar-refractivity contribution in [2.24, 2.45) is 5.14 Å². The first-order chi connectivity index (χ1) is 15.4. The smallest absolute Gasteiger partial charge is 0.330 e. The van der Waals surface area contributed by atoms with E-state index in [-0.39, 0.29) is 10.6 Å². The number of ether oxygens (including phenoxy) is 3. The number of carbonyl (C=O) groups excluding carboxylic acids is 4. The number of anilines is 1. The monoisotopic (exact) mass is 481 g/mol. The molecule has 0 heterocycles. The predicted octanol–water partition coefficient (Wildman–Crippen LogP) is 0.382. The van der Waals surface area contributed by atoms with Gasteiger partial charge in [0.05, 0.1) is 4.90 Å². The van der Waals surface area contributed by atoms with Crippen LogP contribution in [0.3, 0.4) is 0 Å². The molecule has 0 atom stereocenters. The zero-order valence-electron chi connectivity index (χ0n) is 17.4. The molecule has 1 aromatic carbocycles. The van der Waals surface area contributed by atoms with E-state index in [4.69, 9.17) is 19.3 Å². The molecule has 33 heavy (non-hydrogen) atoms. The summed E-state index contributed by atoms with van der Waals surface area (Å²) in [5.74, 6) is -2.57. The number of nitrogens with two attached hydrogens (primary N) is 1. The van der Waals surface area contributed by atoms with E-state index in [9.17, 15) is 27.6 Å². The Balaban J connectivity index is 3.13. The average molecular weight is 481 g/mol. The number of carbonyl (C=O) groups is 4. The normalized spacial score (nSPS) is 10.8. The number of primary sulfonamides is 1. The van der Waals surface area contributed by atoms with E-state index < -0.39 is 59.3 Å². The lowest BCUT2D eigenvalue weighted by Gasteiger charge is -2.32. The van der Waals surface area contributed by atoms with Crippen LogP contribution in [0.2, 0.25) is 0 Å². The van der Waals surface area contributed by atoms with E-state index >= 15 is 0 Å². The molecule has 1 rings (SSSR count). The van der Waals surface area contributed by atoms with Crippen molar-refractivity contribution in [1.82, 2.24) is 5.32 Å². The minimum atomic E-state index is -3.93. The molecule has 0 saturated carbocycles. The fraction of sp³-hybridized carbons (Fsp3) is 0.200. The summed E-state index contributed by atoms with van der Waals surface area (Å²) in [5.41, 5.74) is -1.55. The van der Waals surface area contributed by atoms with Gasteiger partial charge in [0.2, 0.25) is 10.0 Å². The standard InChI is InChI=1S/C20H23N3O9S/c1-4-16(24)30-11-20(12-31-17(25)5-2,13-32-18(26)6-3)23-19(27)22-14-7-9-15(10-8-14)33(21,28)29/h4-10H,1-3,11-13H2,(H2,21,28,29)(H2,22,23,27). The maximum absolute atomic E-state index is 12.6. The topological polar surface area (TPSA) is 180 Å². The van der Waals surface area contributed by atoms with Crippen molar-refractivity contribution in [3.05, 3.63) is 62.2 Å². The Kier molecular flexibility index (Phi) is 9.98. The highest BCUT2D eigenvalue weighted by Crippen LogP contribution is 2.14. The van der Waals surface area contributed by atoms with Crippen LogP contribution < -0.4 is 15.8 Å². The number of esters is 3. The van der Waals surface area contributed by atoms with Crippen molar-refractivity contribution in [3.8, 4) is 0 Å². The summed E-state index contributed by atoms with van der Waals surface area (Å²) in [6.07, 6.45) is 2.59. The Morgan fingerprint density at radius 3 is 1.58 bits per heavy atom. The quantitative estimate of drug-likeness (QED) is 0.216. The Morgan fingerprint density at radius 2 is 1.24 bits per heavy atom. The largest absolute Gasteiger partial charge is 0.460 e. The number of benzene rings is 1. The minimum Gasteiger partial charge on any atom is -0.460 e. The molecule has 0 saturated heterocycles. The van der Waals surface area contributed by atoms with Crippen molar-refractivity contribution < 1.29 is 41.8 Å².